The fraction of sp³-hybridized carbons (Fsp3) is 0.375. The van der Waals surface area contributed by atoms with Crippen LogP contribution in [0.4, 0.5) is 5.69 Å². The summed E-state index contributed by atoms with van der Waals surface area (Å²) in [5.41, 5.74) is 6.58. The molecule has 0 saturated carbocycles. The summed E-state index contributed by atoms with van der Waals surface area (Å²) >= 11 is 0. The molecule has 0 unspecified atom stereocenters. The zero-order valence-electron chi connectivity index (χ0n) is 34.2. The van der Waals surface area contributed by atoms with Gasteiger partial charge in [0.25, 0.3) is 8.32 Å². The molecule has 0 radical (unpaired) electrons. The summed E-state index contributed by atoms with van der Waals surface area (Å²) in [6.45, 7) is 13.1. The smallest absolute Gasteiger partial charge is 0.455 e. The maximum absolute atomic E-state index is 14.5. The Kier molecular flexibility index (Phi) is 11.9. The van der Waals surface area contributed by atoms with Crippen LogP contribution in [-0.4, -0.2) is 50.1 Å². The lowest BCUT2D eigenvalue weighted by atomic mass is 9.58. The molecule has 7 rings (SSSR count). The van der Waals surface area contributed by atoms with Gasteiger partial charge in [-0.25, -0.2) is 0 Å². The second-order valence-corrected chi connectivity index (χ2v) is 21.5. The lowest BCUT2D eigenvalue weighted by Crippen LogP contribution is -2.66. The van der Waals surface area contributed by atoms with Gasteiger partial charge in [0.2, 0.25) is 11.8 Å². The molecule has 57 heavy (non-hydrogen) atoms. The second-order valence-electron chi connectivity index (χ2n) is 17.2. The second kappa shape index (κ2) is 16.7. The van der Waals surface area contributed by atoms with Crippen molar-refractivity contribution in [1.82, 2.24) is 0 Å². The standard InChI is InChI=1S/C48H56BNO6Si/c1-7-17-34(28-35-26-32(2)45(51)33(3)27-35)24-25-42-43-36(31-55-57(48(4,5)6,38-20-13-9-14-21-38)39-22-15-10-16-23-39)29-40-44(41(43)30-49(54)56-42)47(53)50(46(40)52)37-18-11-8-12-19-37/h8-16,18-23,26-28,40-42,44,51,54H,7,17,24-25,29-31H2,1-6H3/b34-28+/t40-,41+,42-,44-/m1/s1. The molecule has 2 saturated heterocycles. The van der Waals surface area contributed by atoms with Gasteiger partial charge in [0.1, 0.15) is 5.75 Å². The number of nitrogens with zero attached hydrogens (tertiary/aromatic N) is 1. The van der Waals surface area contributed by atoms with Crippen molar-refractivity contribution in [2.45, 2.75) is 91.1 Å². The van der Waals surface area contributed by atoms with Gasteiger partial charge < -0.3 is 19.2 Å². The number of hydrogen-bond donors (Lipinski definition) is 2. The Bertz CT molecular complexity index is 2090. The van der Waals surface area contributed by atoms with Gasteiger partial charge >= 0.3 is 7.12 Å². The molecule has 7 nitrogen and oxygen atoms in total. The molecule has 0 spiro atoms. The van der Waals surface area contributed by atoms with Gasteiger partial charge in [-0.3, -0.25) is 14.5 Å². The number of carbonyl (C=O) groups is 2. The molecule has 4 aromatic carbocycles. The lowest BCUT2D eigenvalue weighted by Gasteiger charge is -2.46. The number of phenols is 1. The number of benzene rings is 4. The highest BCUT2D eigenvalue weighted by Crippen LogP contribution is 2.52. The van der Waals surface area contributed by atoms with Crippen LogP contribution in [-0.2, 0) is 18.7 Å². The number of rotatable bonds is 12. The van der Waals surface area contributed by atoms with E-state index in [2.05, 4.69) is 82.3 Å². The van der Waals surface area contributed by atoms with Crippen LogP contribution < -0.4 is 15.3 Å². The molecule has 2 aliphatic heterocycles. The largest absolute Gasteiger partial charge is 0.507 e. The van der Waals surface area contributed by atoms with Gasteiger partial charge in [-0.1, -0.05) is 125 Å². The number of para-hydroxylation sites is 1. The van der Waals surface area contributed by atoms with E-state index >= 15 is 0 Å². The zero-order valence-corrected chi connectivity index (χ0v) is 35.2. The molecule has 0 aromatic heterocycles. The van der Waals surface area contributed by atoms with Gasteiger partial charge in [-0.05, 0) is 119 Å². The number of allylic oxidation sites excluding steroid dienone is 1. The quantitative estimate of drug-likeness (QED) is 0.0850. The number of aromatic hydroxyl groups is 1. The van der Waals surface area contributed by atoms with Crippen LogP contribution >= 0.6 is 0 Å². The molecule has 1 aliphatic carbocycles. The SMILES string of the molecule is CCC/C(=C\c1cc(C)c(O)c(C)c1)CC[C@H]1OB(O)C[C@H]2C1=C(CO[Si](c1ccccc1)(c1ccccc1)C(C)(C)C)C[C@H]1C(=O)N(c3ccccc3)C(=O)[C@H]12. The van der Waals surface area contributed by atoms with Crippen molar-refractivity contribution in [2.75, 3.05) is 11.5 Å². The van der Waals surface area contributed by atoms with E-state index in [0.717, 1.165) is 47.1 Å². The van der Waals surface area contributed by atoms with E-state index in [4.69, 9.17) is 9.08 Å². The van der Waals surface area contributed by atoms with Crippen LogP contribution in [0.3, 0.4) is 0 Å². The molecular formula is C48H56BNO6Si. The number of aryl methyl sites for hydroxylation is 2. The minimum Gasteiger partial charge on any atom is -0.507 e. The van der Waals surface area contributed by atoms with Gasteiger partial charge in [-0.2, -0.15) is 0 Å². The maximum atomic E-state index is 14.5. The highest BCUT2D eigenvalue weighted by atomic mass is 28.4. The van der Waals surface area contributed by atoms with Gasteiger partial charge in [-0.15, -0.1) is 0 Å². The summed E-state index contributed by atoms with van der Waals surface area (Å²) in [6, 6.07) is 34.3. The first-order valence-corrected chi connectivity index (χ1v) is 22.5. The van der Waals surface area contributed by atoms with E-state index in [1.54, 1.807) is 0 Å². The lowest BCUT2D eigenvalue weighted by molar-refractivity contribution is -0.122. The van der Waals surface area contributed by atoms with E-state index in [-0.39, 0.29) is 35.7 Å². The van der Waals surface area contributed by atoms with Gasteiger partial charge in [0.15, 0.2) is 0 Å². The fourth-order valence-corrected chi connectivity index (χ4v) is 14.4. The van der Waals surface area contributed by atoms with Crippen molar-refractivity contribution in [2.24, 2.45) is 17.8 Å². The van der Waals surface area contributed by atoms with Crippen LogP contribution in [0.2, 0.25) is 11.4 Å². The molecular weight excluding hydrogens is 725 g/mol. The molecule has 296 valence electrons. The molecule has 3 aliphatic rings. The number of phenolic OH excluding ortho intramolecular Hbond substituents is 1. The Labute approximate surface area is 339 Å². The number of carbonyl (C=O) groups excluding carboxylic acids is 2. The molecule has 2 heterocycles. The van der Waals surface area contributed by atoms with E-state index in [0.29, 0.717) is 24.3 Å². The minimum atomic E-state index is -2.97. The summed E-state index contributed by atoms with van der Waals surface area (Å²) in [6.07, 6.45) is 5.57. The first kappa shape index (κ1) is 40.7. The summed E-state index contributed by atoms with van der Waals surface area (Å²) in [5.74, 6) is -1.61. The predicted molar refractivity (Wildman–Crippen MR) is 232 cm³/mol. The molecule has 4 aromatic rings. The van der Waals surface area contributed by atoms with Crippen LogP contribution in [0, 0.1) is 31.6 Å². The fourth-order valence-electron chi connectivity index (χ4n) is 9.90. The van der Waals surface area contributed by atoms with Crippen LogP contribution in [0.5, 0.6) is 5.75 Å². The normalized spacial score (nSPS) is 21.6. The first-order chi connectivity index (χ1) is 27.3. The average Bonchev–Trinajstić information content (AvgIpc) is 3.45. The van der Waals surface area contributed by atoms with Crippen LogP contribution in [0.25, 0.3) is 6.08 Å². The highest BCUT2D eigenvalue weighted by molar-refractivity contribution is 6.99. The number of amides is 2. The van der Waals surface area contributed by atoms with Crippen molar-refractivity contribution in [3.63, 3.8) is 0 Å². The van der Waals surface area contributed by atoms with Crippen LogP contribution in [0.1, 0.15) is 76.5 Å². The van der Waals surface area contributed by atoms with Crippen molar-refractivity contribution < 1.29 is 28.8 Å². The Morgan fingerprint density at radius 3 is 2.02 bits per heavy atom. The monoisotopic (exact) mass is 781 g/mol. The third kappa shape index (κ3) is 7.87. The number of imide groups is 1. The molecule has 4 atom stereocenters. The highest BCUT2D eigenvalue weighted by Gasteiger charge is 2.58. The third-order valence-corrected chi connectivity index (χ3v) is 17.4. The van der Waals surface area contributed by atoms with E-state index < -0.39 is 33.4 Å². The van der Waals surface area contributed by atoms with Crippen molar-refractivity contribution in [1.29, 1.82) is 0 Å². The third-order valence-electron chi connectivity index (χ3n) is 12.4. The topological polar surface area (TPSA) is 96.3 Å². The molecule has 2 fully saturated rings. The Morgan fingerprint density at radius 1 is 0.877 bits per heavy atom. The van der Waals surface area contributed by atoms with E-state index in [9.17, 15) is 19.7 Å². The Balaban J connectivity index is 1.31. The summed E-state index contributed by atoms with van der Waals surface area (Å²) in [7, 11) is -4.05. The summed E-state index contributed by atoms with van der Waals surface area (Å²) < 4.78 is 14.0. The van der Waals surface area contributed by atoms with Crippen molar-refractivity contribution in [3.05, 3.63) is 137 Å². The van der Waals surface area contributed by atoms with Crippen molar-refractivity contribution in [3.8, 4) is 5.75 Å². The van der Waals surface area contributed by atoms with Gasteiger partial charge in [0, 0.05) is 0 Å². The molecule has 9 heteroatoms. The van der Waals surface area contributed by atoms with E-state index in [1.807, 2.05) is 68.4 Å². The van der Waals surface area contributed by atoms with Crippen LogP contribution in [0.15, 0.2) is 120 Å². The minimum absolute atomic E-state index is 0.191. The Hall–Kier alpha value is -4.54. The summed E-state index contributed by atoms with van der Waals surface area (Å²) in [4.78, 5) is 30.3. The molecule has 2 amide bonds. The van der Waals surface area contributed by atoms with Gasteiger partial charge in [0.05, 0.1) is 30.2 Å². The van der Waals surface area contributed by atoms with E-state index in [1.165, 1.54) is 20.8 Å². The summed E-state index contributed by atoms with van der Waals surface area (Å²) in [5, 5.41) is 23.9. The first-order valence-electron chi connectivity index (χ1n) is 20.6. The molecule has 2 N–H and O–H groups in total. The Morgan fingerprint density at radius 2 is 1.46 bits per heavy atom. The predicted octanol–water partition coefficient (Wildman–Crippen LogP) is 8.55. The number of fused-ring (bicyclic) bond motifs is 3. The zero-order chi connectivity index (χ0) is 40.5. The maximum Gasteiger partial charge on any atom is 0.455 e. The number of hydrogen-bond acceptors (Lipinski definition) is 6. The average molecular weight is 782 g/mol. The number of anilines is 1. The molecule has 0 bridgehead atoms. The van der Waals surface area contributed by atoms with Crippen molar-refractivity contribution >= 4 is 49.4 Å².